The molecule has 28 heavy (non-hydrogen) atoms. The van der Waals surface area contributed by atoms with Crippen molar-refractivity contribution in [1.82, 2.24) is 5.06 Å². The summed E-state index contributed by atoms with van der Waals surface area (Å²) in [6.07, 6.45) is 2.01. The molecule has 1 aliphatic heterocycles. The molecule has 2 amide bonds. The van der Waals surface area contributed by atoms with E-state index in [1.165, 1.54) is 6.07 Å². The lowest BCUT2D eigenvalue weighted by molar-refractivity contribution is -0.383. The van der Waals surface area contributed by atoms with Crippen LogP contribution in [0.3, 0.4) is 0 Å². The highest BCUT2D eigenvalue weighted by molar-refractivity contribution is 6.01. The Morgan fingerprint density at radius 3 is 2.64 bits per heavy atom. The summed E-state index contributed by atoms with van der Waals surface area (Å²) in [5.41, 5.74) is 0.577. The SMILES string of the molecule is C=[N+]=Nc1ccc(NCCCCCC(=O)ON2C(=O)CCC2=O)c([N+](=O)[O-])c1. The number of unbranched alkanes of at least 4 members (excludes halogenated alkanes) is 2. The molecule has 0 saturated carbocycles. The Bertz CT molecular complexity index is 817. The Hall–Kier alpha value is -3.59. The van der Waals surface area contributed by atoms with Crippen molar-refractivity contribution in [1.29, 1.82) is 0 Å². The van der Waals surface area contributed by atoms with E-state index in [2.05, 4.69) is 21.9 Å². The van der Waals surface area contributed by atoms with Gasteiger partial charge in [0.1, 0.15) is 10.8 Å². The van der Waals surface area contributed by atoms with Crippen molar-refractivity contribution in [2.45, 2.75) is 38.5 Å². The first-order valence-electron chi connectivity index (χ1n) is 8.68. The van der Waals surface area contributed by atoms with Crippen molar-refractivity contribution in [3.8, 4) is 0 Å². The number of hydroxylamine groups is 2. The van der Waals surface area contributed by atoms with Gasteiger partial charge in [0, 0.05) is 30.6 Å². The quantitative estimate of drug-likeness (QED) is 0.122. The Balaban J connectivity index is 1.71. The topological polar surface area (TPSA) is 145 Å². The Labute approximate surface area is 160 Å². The minimum absolute atomic E-state index is 0.0586. The molecule has 1 aromatic carbocycles. The van der Waals surface area contributed by atoms with E-state index in [0.717, 1.165) is 0 Å². The van der Waals surface area contributed by atoms with E-state index in [1.54, 1.807) is 12.1 Å². The largest absolute Gasteiger partial charge is 0.379 e. The van der Waals surface area contributed by atoms with Crippen molar-refractivity contribution in [2.75, 3.05) is 11.9 Å². The van der Waals surface area contributed by atoms with Gasteiger partial charge in [-0.15, -0.1) is 5.06 Å². The van der Waals surface area contributed by atoms with Gasteiger partial charge in [0.2, 0.25) is 0 Å². The van der Waals surface area contributed by atoms with Crippen LogP contribution in [0.15, 0.2) is 23.3 Å². The van der Waals surface area contributed by atoms with E-state index in [1.807, 2.05) is 0 Å². The number of benzene rings is 1. The molecule has 1 aliphatic rings. The van der Waals surface area contributed by atoms with Gasteiger partial charge in [-0.25, -0.2) is 4.79 Å². The van der Waals surface area contributed by atoms with Crippen LogP contribution in [0.2, 0.25) is 0 Å². The van der Waals surface area contributed by atoms with Crippen LogP contribution in [0, 0.1) is 10.1 Å². The number of nitro groups is 1. The number of nitro benzene ring substituents is 1. The molecular weight excluding hydrogens is 370 g/mol. The van der Waals surface area contributed by atoms with Gasteiger partial charge in [-0.1, -0.05) is 6.42 Å². The van der Waals surface area contributed by atoms with E-state index in [4.69, 9.17) is 4.84 Å². The highest BCUT2D eigenvalue weighted by atomic mass is 16.7. The van der Waals surface area contributed by atoms with Crippen molar-refractivity contribution in [3.63, 3.8) is 0 Å². The number of nitrogens with one attached hydrogen (secondary N) is 1. The van der Waals surface area contributed by atoms with E-state index in [-0.39, 0.29) is 24.9 Å². The zero-order chi connectivity index (χ0) is 20.5. The van der Waals surface area contributed by atoms with Gasteiger partial charge in [0.15, 0.2) is 5.69 Å². The van der Waals surface area contributed by atoms with Gasteiger partial charge in [-0.2, -0.15) is 0 Å². The summed E-state index contributed by atoms with van der Waals surface area (Å²) in [5, 5.41) is 18.3. The lowest BCUT2D eigenvalue weighted by Gasteiger charge is -2.12. The zero-order valence-electron chi connectivity index (χ0n) is 15.1. The number of anilines is 1. The second-order valence-corrected chi connectivity index (χ2v) is 5.98. The van der Waals surface area contributed by atoms with Gasteiger partial charge in [0.25, 0.3) is 24.2 Å². The number of imide groups is 1. The molecule has 2 rings (SSSR count). The van der Waals surface area contributed by atoms with E-state index < -0.39 is 22.7 Å². The predicted molar refractivity (Wildman–Crippen MR) is 96.7 cm³/mol. The average Bonchev–Trinajstić information content (AvgIpc) is 2.97. The molecule has 0 unspecified atom stereocenters. The number of carbonyl (C=O) groups is 3. The van der Waals surface area contributed by atoms with Gasteiger partial charge in [0.05, 0.1) is 11.0 Å². The van der Waals surface area contributed by atoms with Crippen LogP contribution in [0.5, 0.6) is 0 Å². The van der Waals surface area contributed by atoms with Crippen LogP contribution in [-0.2, 0) is 19.2 Å². The average molecular weight is 390 g/mol. The van der Waals surface area contributed by atoms with Gasteiger partial charge < -0.3 is 10.2 Å². The smallest absolute Gasteiger partial charge is 0.333 e. The second kappa shape index (κ2) is 9.93. The molecule has 1 N–H and O–H groups in total. The normalized spacial score (nSPS) is 13.2. The Kier molecular flexibility index (Phi) is 7.35. The maximum atomic E-state index is 11.7. The van der Waals surface area contributed by atoms with Crippen molar-refractivity contribution in [3.05, 3.63) is 28.3 Å². The van der Waals surface area contributed by atoms with Crippen LogP contribution < -0.4 is 5.32 Å². The lowest BCUT2D eigenvalue weighted by atomic mass is 10.2. The minimum atomic E-state index is -0.637. The van der Waals surface area contributed by atoms with Crippen molar-refractivity contribution < 1.29 is 28.9 Å². The standard InChI is InChI=1S/C17H19N5O6/c1-18-20-12-6-7-13(14(11-12)22(26)27)19-10-4-2-3-5-17(25)28-21-15(23)8-9-16(21)24/h6-7,11H,1-5,8-10H2/p+1. The third-order valence-electron chi connectivity index (χ3n) is 3.94. The van der Waals surface area contributed by atoms with Crippen molar-refractivity contribution >= 4 is 41.6 Å². The molecule has 148 valence electrons. The summed E-state index contributed by atoms with van der Waals surface area (Å²) in [7, 11) is 0. The maximum absolute atomic E-state index is 11.7. The molecule has 1 heterocycles. The summed E-state index contributed by atoms with van der Waals surface area (Å²) in [4.78, 5) is 53.1. The number of hydrogen-bond acceptors (Lipinski definition) is 8. The molecule has 1 saturated heterocycles. The molecule has 0 atom stereocenters. The molecule has 0 spiro atoms. The number of carbonyl (C=O) groups excluding carboxylic acids is 3. The molecule has 11 heteroatoms. The molecule has 1 aromatic rings. The molecule has 0 radical (unpaired) electrons. The molecule has 1 fully saturated rings. The predicted octanol–water partition coefficient (Wildman–Crippen LogP) is 2.17. The lowest BCUT2D eigenvalue weighted by Crippen LogP contribution is -2.31. The first-order valence-corrected chi connectivity index (χ1v) is 8.68. The highest BCUT2D eigenvalue weighted by Gasteiger charge is 2.32. The molecule has 0 aromatic heterocycles. The summed E-state index contributed by atoms with van der Waals surface area (Å²) >= 11 is 0. The summed E-state index contributed by atoms with van der Waals surface area (Å²) < 4.78 is 0. The van der Waals surface area contributed by atoms with Crippen molar-refractivity contribution in [2.24, 2.45) is 5.11 Å². The van der Waals surface area contributed by atoms with Gasteiger partial charge in [-0.3, -0.25) is 19.7 Å². The number of rotatable bonds is 10. The fourth-order valence-corrected chi connectivity index (χ4v) is 2.56. The zero-order valence-corrected chi connectivity index (χ0v) is 15.1. The van der Waals surface area contributed by atoms with E-state index >= 15 is 0 Å². The fourth-order valence-electron chi connectivity index (χ4n) is 2.56. The molecule has 0 aliphatic carbocycles. The van der Waals surface area contributed by atoms with Crippen LogP contribution in [-0.4, -0.2) is 45.8 Å². The molecule has 11 nitrogen and oxygen atoms in total. The van der Waals surface area contributed by atoms with E-state index in [0.29, 0.717) is 42.2 Å². The Morgan fingerprint density at radius 2 is 2.00 bits per heavy atom. The first kappa shape index (κ1) is 20.7. The summed E-state index contributed by atoms with van der Waals surface area (Å²) in [6, 6.07) is 4.43. The fraction of sp³-hybridized carbons (Fsp3) is 0.412. The van der Waals surface area contributed by atoms with Gasteiger partial charge >= 0.3 is 5.97 Å². The van der Waals surface area contributed by atoms with E-state index in [9.17, 15) is 24.5 Å². The van der Waals surface area contributed by atoms with Crippen LogP contribution in [0.4, 0.5) is 17.1 Å². The van der Waals surface area contributed by atoms with Gasteiger partial charge in [-0.05, 0) is 25.0 Å². The summed E-state index contributed by atoms with van der Waals surface area (Å²) in [6.45, 7) is 3.68. The van der Waals surface area contributed by atoms with Crippen LogP contribution >= 0.6 is 0 Å². The third-order valence-corrected chi connectivity index (χ3v) is 3.94. The second-order valence-electron chi connectivity index (χ2n) is 5.98. The number of hydrogen-bond donors (Lipinski definition) is 1. The number of amides is 2. The number of nitrogens with zero attached hydrogens (tertiary/aromatic N) is 4. The summed E-state index contributed by atoms with van der Waals surface area (Å²) in [5.74, 6) is -1.65. The molecular formula is C17H20N5O6+. The van der Waals surface area contributed by atoms with Crippen LogP contribution in [0.1, 0.15) is 38.5 Å². The Morgan fingerprint density at radius 1 is 1.29 bits per heavy atom. The molecule has 0 bridgehead atoms. The maximum Gasteiger partial charge on any atom is 0.333 e. The first-order chi connectivity index (χ1) is 13.4. The minimum Gasteiger partial charge on any atom is -0.379 e. The highest BCUT2D eigenvalue weighted by Crippen LogP contribution is 2.29. The van der Waals surface area contributed by atoms with Crippen LogP contribution in [0.25, 0.3) is 0 Å². The monoisotopic (exact) mass is 390 g/mol. The third kappa shape index (κ3) is 5.71.